The summed E-state index contributed by atoms with van der Waals surface area (Å²) in [5.74, 6) is 0.468. The van der Waals surface area contributed by atoms with Crippen LogP contribution in [0.4, 0.5) is 5.82 Å². The molecule has 0 aliphatic heterocycles. The van der Waals surface area contributed by atoms with E-state index in [0.29, 0.717) is 5.82 Å². The van der Waals surface area contributed by atoms with E-state index in [1.165, 1.54) is 6.26 Å². The smallest absolute Gasteiger partial charge is 0.143 e. The van der Waals surface area contributed by atoms with Crippen molar-refractivity contribution >= 4 is 16.6 Å². The summed E-state index contributed by atoms with van der Waals surface area (Å²) >= 11 is 0. The van der Waals surface area contributed by atoms with E-state index >= 15 is 0 Å². The second-order valence-electron chi connectivity index (χ2n) is 2.15. The van der Waals surface area contributed by atoms with Crippen LogP contribution in [0.1, 0.15) is 0 Å². The normalized spacial score (nSPS) is 12.6. The average molecular weight is 174 g/mol. The van der Waals surface area contributed by atoms with Gasteiger partial charge in [0.25, 0.3) is 0 Å². The molecule has 3 N–H and O–H groups in total. The molecule has 4 nitrogen and oxygen atoms in total. The SMILES string of the molecule is CS(O)(O)Nc1ccccn1. The third-order valence-corrected chi connectivity index (χ3v) is 1.56. The summed E-state index contributed by atoms with van der Waals surface area (Å²) in [6, 6.07) is 5.19. The lowest BCUT2D eigenvalue weighted by atomic mass is 10.5. The summed E-state index contributed by atoms with van der Waals surface area (Å²) in [4.78, 5) is 3.85. The Morgan fingerprint density at radius 3 is 2.64 bits per heavy atom. The first kappa shape index (κ1) is 8.32. The lowest BCUT2D eigenvalue weighted by Crippen LogP contribution is -2.07. The van der Waals surface area contributed by atoms with E-state index in [-0.39, 0.29) is 0 Å². The number of anilines is 1. The van der Waals surface area contributed by atoms with Crippen LogP contribution in [-0.4, -0.2) is 20.3 Å². The largest absolute Gasteiger partial charge is 0.282 e. The van der Waals surface area contributed by atoms with E-state index in [2.05, 4.69) is 9.71 Å². The minimum atomic E-state index is -2.69. The van der Waals surface area contributed by atoms with Crippen LogP contribution in [0.25, 0.3) is 0 Å². The molecule has 5 heteroatoms. The van der Waals surface area contributed by atoms with Crippen LogP contribution < -0.4 is 4.72 Å². The van der Waals surface area contributed by atoms with Crippen molar-refractivity contribution in [2.75, 3.05) is 11.0 Å². The molecule has 62 valence electrons. The van der Waals surface area contributed by atoms with Gasteiger partial charge in [0.05, 0.1) is 0 Å². The van der Waals surface area contributed by atoms with E-state index in [9.17, 15) is 0 Å². The Bertz CT molecular complexity index is 222. The fourth-order valence-corrected chi connectivity index (χ4v) is 1.14. The van der Waals surface area contributed by atoms with Crippen LogP contribution in [0, 0.1) is 0 Å². The van der Waals surface area contributed by atoms with Crippen molar-refractivity contribution in [1.29, 1.82) is 0 Å². The number of rotatable bonds is 2. The summed E-state index contributed by atoms with van der Waals surface area (Å²) in [5, 5.41) is 0. The van der Waals surface area contributed by atoms with Crippen molar-refractivity contribution in [3.05, 3.63) is 24.4 Å². The summed E-state index contributed by atoms with van der Waals surface area (Å²) in [6.45, 7) is 0. The number of nitrogens with zero attached hydrogens (tertiary/aromatic N) is 1. The lowest BCUT2D eigenvalue weighted by molar-refractivity contribution is 0.502. The molecule has 1 heterocycles. The van der Waals surface area contributed by atoms with Gasteiger partial charge in [-0.05, 0) is 12.1 Å². The van der Waals surface area contributed by atoms with Gasteiger partial charge in [0.2, 0.25) is 0 Å². The van der Waals surface area contributed by atoms with Crippen molar-refractivity contribution < 1.29 is 9.11 Å². The van der Waals surface area contributed by atoms with Crippen LogP contribution in [0.2, 0.25) is 0 Å². The number of nitrogens with one attached hydrogen (secondary N) is 1. The molecule has 1 rings (SSSR count). The molecular weight excluding hydrogens is 164 g/mol. The average Bonchev–Trinajstić information content (AvgIpc) is 1.85. The zero-order chi connectivity index (χ0) is 8.32. The molecule has 11 heavy (non-hydrogen) atoms. The molecule has 1 aromatic rings. The molecule has 0 aromatic carbocycles. The summed E-state index contributed by atoms with van der Waals surface area (Å²) < 4.78 is 20.4. The Hall–Kier alpha value is -0.780. The minimum absolute atomic E-state index is 0.468. The van der Waals surface area contributed by atoms with Crippen LogP contribution >= 0.6 is 10.8 Å². The number of aromatic nitrogens is 1. The molecule has 0 atom stereocenters. The lowest BCUT2D eigenvalue weighted by Gasteiger charge is -2.27. The van der Waals surface area contributed by atoms with Gasteiger partial charge in [0, 0.05) is 12.5 Å². The van der Waals surface area contributed by atoms with Gasteiger partial charge in [-0.3, -0.25) is 13.8 Å². The van der Waals surface area contributed by atoms with Crippen molar-refractivity contribution in [1.82, 2.24) is 4.98 Å². The monoisotopic (exact) mass is 174 g/mol. The maximum Gasteiger partial charge on any atom is 0.143 e. The van der Waals surface area contributed by atoms with Gasteiger partial charge in [-0.15, -0.1) is 10.8 Å². The summed E-state index contributed by atoms with van der Waals surface area (Å²) in [5.41, 5.74) is 0. The highest BCUT2D eigenvalue weighted by atomic mass is 32.3. The van der Waals surface area contributed by atoms with Crippen LogP contribution in [0.3, 0.4) is 0 Å². The Kier molecular flexibility index (Phi) is 2.33. The molecule has 0 saturated carbocycles. The molecule has 0 spiro atoms. The second-order valence-corrected chi connectivity index (χ2v) is 4.02. The van der Waals surface area contributed by atoms with Crippen molar-refractivity contribution in [3.63, 3.8) is 0 Å². The van der Waals surface area contributed by atoms with Crippen LogP contribution in [-0.2, 0) is 0 Å². The first-order chi connectivity index (χ1) is 5.08. The zero-order valence-electron chi connectivity index (χ0n) is 6.06. The van der Waals surface area contributed by atoms with Gasteiger partial charge in [0.1, 0.15) is 5.82 Å². The highest BCUT2D eigenvalue weighted by Gasteiger charge is 2.02. The highest BCUT2D eigenvalue weighted by molar-refractivity contribution is 8.24. The molecule has 0 aliphatic rings. The van der Waals surface area contributed by atoms with E-state index in [1.54, 1.807) is 24.4 Å². The van der Waals surface area contributed by atoms with Gasteiger partial charge in [0.15, 0.2) is 0 Å². The molecule has 0 aliphatic carbocycles. The van der Waals surface area contributed by atoms with E-state index in [0.717, 1.165) is 0 Å². The Balaban J connectivity index is 2.66. The van der Waals surface area contributed by atoms with E-state index in [1.807, 2.05) is 0 Å². The molecule has 0 saturated heterocycles. The van der Waals surface area contributed by atoms with E-state index < -0.39 is 10.8 Å². The molecular formula is C6H10N2O2S. The zero-order valence-corrected chi connectivity index (χ0v) is 6.88. The van der Waals surface area contributed by atoms with Crippen molar-refractivity contribution in [2.24, 2.45) is 0 Å². The molecule has 1 aromatic heterocycles. The van der Waals surface area contributed by atoms with Gasteiger partial charge < -0.3 is 0 Å². The predicted molar refractivity (Wildman–Crippen MR) is 46.6 cm³/mol. The first-order valence-corrected chi connectivity index (χ1v) is 4.95. The Morgan fingerprint density at radius 2 is 2.18 bits per heavy atom. The molecule has 0 radical (unpaired) electrons. The predicted octanol–water partition coefficient (Wildman–Crippen LogP) is 1.79. The Morgan fingerprint density at radius 1 is 1.45 bits per heavy atom. The first-order valence-electron chi connectivity index (χ1n) is 3.00. The van der Waals surface area contributed by atoms with Gasteiger partial charge in [-0.1, -0.05) is 6.07 Å². The highest BCUT2D eigenvalue weighted by Crippen LogP contribution is 2.32. The van der Waals surface area contributed by atoms with Crippen LogP contribution in [0.15, 0.2) is 24.4 Å². The van der Waals surface area contributed by atoms with E-state index in [4.69, 9.17) is 9.11 Å². The molecule has 0 amide bonds. The van der Waals surface area contributed by atoms with Crippen LogP contribution in [0.5, 0.6) is 0 Å². The minimum Gasteiger partial charge on any atom is -0.282 e. The summed E-state index contributed by atoms with van der Waals surface area (Å²) in [6.07, 6.45) is 2.88. The molecule has 0 bridgehead atoms. The molecule has 0 unspecified atom stereocenters. The standard InChI is InChI=1S/C6H10N2O2S/c1-11(9,10)8-6-4-2-3-5-7-6/h2-5,9-10H,1H3,(H,7,8). The number of pyridine rings is 1. The van der Waals surface area contributed by atoms with Gasteiger partial charge in [-0.25, -0.2) is 4.98 Å². The third-order valence-electron chi connectivity index (χ3n) is 0.963. The number of hydrogen-bond acceptors (Lipinski definition) is 4. The third kappa shape index (κ3) is 3.22. The van der Waals surface area contributed by atoms with Crippen molar-refractivity contribution in [3.8, 4) is 0 Å². The summed E-state index contributed by atoms with van der Waals surface area (Å²) in [7, 11) is -2.69. The topological polar surface area (TPSA) is 65.4 Å². The fraction of sp³-hybridized carbons (Fsp3) is 0.167. The maximum atomic E-state index is 8.96. The fourth-order valence-electron chi connectivity index (χ4n) is 0.621. The second kappa shape index (κ2) is 3.08. The Labute approximate surface area is 66.8 Å². The van der Waals surface area contributed by atoms with Gasteiger partial charge in [-0.2, -0.15) is 0 Å². The van der Waals surface area contributed by atoms with Crippen molar-refractivity contribution in [2.45, 2.75) is 0 Å². The number of hydrogen-bond donors (Lipinski definition) is 3. The van der Waals surface area contributed by atoms with Gasteiger partial charge >= 0.3 is 0 Å². The quantitative estimate of drug-likeness (QED) is 0.639. The maximum absolute atomic E-state index is 8.96. The molecule has 0 fully saturated rings.